The number of likely N-dealkylation sites (tertiary alicyclic amines) is 1. The molecule has 0 spiro atoms. The molecule has 3 atom stereocenters. The van der Waals surface area contributed by atoms with Crippen LogP contribution in [0.1, 0.15) is 46.0 Å². The molecule has 0 aromatic carbocycles. The number of nitrogens with one attached hydrogen (secondary N) is 1. The summed E-state index contributed by atoms with van der Waals surface area (Å²) in [6, 6.07) is 1.34. The van der Waals surface area contributed by atoms with Crippen molar-refractivity contribution >= 4 is 5.91 Å². The summed E-state index contributed by atoms with van der Waals surface area (Å²) in [6.07, 6.45) is 6.30. The summed E-state index contributed by atoms with van der Waals surface area (Å²) < 4.78 is 0. The number of amides is 1. The van der Waals surface area contributed by atoms with E-state index in [1.807, 2.05) is 0 Å². The molecule has 4 heteroatoms. The number of piperidine rings is 1. The van der Waals surface area contributed by atoms with E-state index in [4.69, 9.17) is 5.73 Å². The minimum Gasteiger partial charge on any atom is -0.369 e. The first-order chi connectivity index (χ1) is 9.04. The summed E-state index contributed by atoms with van der Waals surface area (Å²) in [6.45, 7) is 7.18. The van der Waals surface area contributed by atoms with E-state index < -0.39 is 0 Å². The van der Waals surface area contributed by atoms with Crippen LogP contribution in [0.5, 0.6) is 0 Å². The highest BCUT2D eigenvalue weighted by Crippen LogP contribution is 2.30. The summed E-state index contributed by atoms with van der Waals surface area (Å²) in [5.41, 5.74) is 5.24. The maximum absolute atomic E-state index is 10.9. The normalized spacial score (nSPS) is 34.3. The minimum absolute atomic E-state index is 0.207. The number of carbonyl (C=O) groups is 1. The van der Waals surface area contributed by atoms with Gasteiger partial charge in [0.25, 0.3) is 0 Å². The lowest BCUT2D eigenvalue weighted by molar-refractivity contribution is -0.119. The predicted octanol–water partition coefficient (Wildman–Crippen LogP) is 1.35. The molecule has 1 saturated heterocycles. The fraction of sp³-hybridized carbons (Fsp3) is 0.933. The molecule has 1 amide bonds. The Morgan fingerprint density at radius 1 is 1.11 bits per heavy atom. The van der Waals surface area contributed by atoms with Crippen molar-refractivity contribution in [1.82, 2.24) is 10.2 Å². The monoisotopic (exact) mass is 267 g/mol. The average Bonchev–Trinajstić information content (AvgIpc) is 2.36. The summed E-state index contributed by atoms with van der Waals surface area (Å²) in [5, 5.41) is 3.84. The molecule has 2 fully saturated rings. The van der Waals surface area contributed by atoms with Crippen LogP contribution in [0.3, 0.4) is 0 Å². The molecular formula is C15H29N3O. The standard InChI is InChI=1S/C15H29N3O/c1-11-3-4-14(9-12(11)2)17-13-5-7-18(8-6-13)10-15(16)19/h11-14,17H,3-10H2,1-2H3,(H2,16,19). The molecule has 3 N–H and O–H groups in total. The SMILES string of the molecule is CC1CCC(NC2CCN(CC(N)=O)CC2)CC1C. The van der Waals surface area contributed by atoms with Crippen LogP contribution in [0, 0.1) is 11.8 Å². The van der Waals surface area contributed by atoms with Crippen LogP contribution in [-0.2, 0) is 4.79 Å². The highest BCUT2D eigenvalue weighted by atomic mass is 16.1. The quantitative estimate of drug-likeness (QED) is 0.808. The molecular weight excluding hydrogens is 238 g/mol. The number of rotatable bonds is 4. The predicted molar refractivity (Wildman–Crippen MR) is 77.8 cm³/mol. The van der Waals surface area contributed by atoms with E-state index in [9.17, 15) is 4.79 Å². The van der Waals surface area contributed by atoms with Gasteiger partial charge in [-0.3, -0.25) is 9.69 Å². The Bertz CT molecular complexity index is 300. The molecule has 19 heavy (non-hydrogen) atoms. The zero-order valence-electron chi connectivity index (χ0n) is 12.4. The Morgan fingerprint density at radius 3 is 2.37 bits per heavy atom. The molecule has 1 heterocycles. The van der Waals surface area contributed by atoms with Gasteiger partial charge in [0.2, 0.25) is 5.91 Å². The highest BCUT2D eigenvalue weighted by molar-refractivity contribution is 5.75. The Hall–Kier alpha value is -0.610. The Kier molecular flexibility index (Phi) is 5.22. The lowest BCUT2D eigenvalue weighted by Gasteiger charge is -2.38. The van der Waals surface area contributed by atoms with Crippen molar-refractivity contribution in [2.75, 3.05) is 19.6 Å². The summed E-state index contributed by atoms with van der Waals surface area (Å²) in [4.78, 5) is 13.1. The van der Waals surface area contributed by atoms with E-state index in [1.54, 1.807) is 0 Å². The Labute approximate surface area is 117 Å². The first-order valence-electron chi connectivity index (χ1n) is 7.81. The first kappa shape index (κ1) is 14.8. The first-order valence-corrected chi connectivity index (χ1v) is 7.81. The van der Waals surface area contributed by atoms with E-state index >= 15 is 0 Å². The van der Waals surface area contributed by atoms with Crippen LogP contribution >= 0.6 is 0 Å². The summed E-state index contributed by atoms with van der Waals surface area (Å²) in [7, 11) is 0. The van der Waals surface area contributed by atoms with Gasteiger partial charge in [-0.2, -0.15) is 0 Å². The molecule has 3 unspecified atom stereocenters. The molecule has 1 aliphatic carbocycles. The second kappa shape index (κ2) is 6.71. The largest absolute Gasteiger partial charge is 0.369 e. The number of hydrogen-bond donors (Lipinski definition) is 2. The van der Waals surface area contributed by atoms with Gasteiger partial charge in [-0.1, -0.05) is 13.8 Å². The van der Waals surface area contributed by atoms with Gasteiger partial charge in [0.1, 0.15) is 0 Å². The molecule has 2 rings (SSSR count). The van der Waals surface area contributed by atoms with Crippen molar-refractivity contribution in [1.29, 1.82) is 0 Å². The molecule has 0 aromatic heterocycles. The molecule has 0 radical (unpaired) electrons. The smallest absolute Gasteiger partial charge is 0.231 e. The van der Waals surface area contributed by atoms with Gasteiger partial charge in [0.05, 0.1) is 6.54 Å². The Balaban J connectivity index is 1.69. The van der Waals surface area contributed by atoms with Gasteiger partial charge in [-0.25, -0.2) is 0 Å². The Morgan fingerprint density at radius 2 is 1.79 bits per heavy atom. The van der Waals surface area contributed by atoms with Crippen LogP contribution in [-0.4, -0.2) is 42.5 Å². The van der Waals surface area contributed by atoms with E-state index in [0.29, 0.717) is 18.6 Å². The zero-order chi connectivity index (χ0) is 13.8. The molecule has 1 saturated carbocycles. The van der Waals surface area contributed by atoms with Crippen LogP contribution in [0.25, 0.3) is 0 Å². The van der Waals surface area contributed by atoms with E-state index in [0.717, 1.165) is 37.8 Å². The fourth-order valence-electron chi connectivity index (χ4n) is 3.51. The average molecular weight is 267 g/mol. The number of nitrogens with two attached hydrogens (primary N) is 1. The third-order valence-electron chi connectivity index (χ3n) is 5.04. The molecule has 110 valence electrons. The van der Waals surface area contributed by atoms with Crippen molar-refractivity contribution in [2.45, 2.75) is 58.0 Å². The minimum atomic E-state index is -0.207. The lowest BCUT2D eigenvalue weighted by atomic mass is 9.79. The van der Waals surface area contributed by atoms with E-state index in [1.165, 1.54) is 19.3 Å². The number of carbonyl (C=O) groups excluding carboxylic acids is 1. The molecule has 4 nitrogen and oxygen atoms in total. The molecule has 0 bridgehead atoms. The van der Waals surface area contributed by atoms with Gasteiger partial charge in [0.15, 0.2) is 0 Å². The van der Waals surface area contributed by atoms with Crippen LogP contribution in [0.4, 0.5) is 0 Å². The van der Waals surface area contributed by atoms with Crippen LogP contribution in [0.2, 0.25) is 0 Å². The van der Waals surface area contributed by atoms with Gasteiger partial charge < -0.3 is 11.1 Å². The molecule has 0 aromatic rings. The highest BCUT2D eigenvalue weighted by Gasteiger charge is 2.27. The maximum atomic E-state index is 10.9. The van der Waals surface area contributed by atoms with Gasteiger partial charge >= 0.3 is 0 Å². The van der Waals surface area contributed by atoms with E-state index in [-0.39, 0.29) is 5.91 Å². The summed E-state index contributed by atoms with van der Waals surface area (Å²) in [5.74, 6) is 1.53. The third kappa shape index (κ3) is 4.46. The van der Waals surface area contributed by atoms with Crippen LogP contribution < -0.4 is 11.1 Å². The van der Waals surface area contributed by atoms with Gasteiger partial charge in [0, 0.05) is 25.2 Å². The zero-order valence-corrected chi connectivity index (χ0v) is 12.4. The van der Waals surface area contributed by atoms with Crippen molar-refractivity contribution in [2.24, 2.45) is 17.6 Å². The second-order valence-corrected chi connectivity index (χ2v) is 6.65. The number of nitrogens with zero attached hydrogens (tertiary/aromatic N) is 1. The summed E-state index contributed by atoms with van der Waals surface area (Å²) >= 11 is 0. The lowest BCUT2D eigenvalue weighted by Crippen LogP contribution is -2.49. The van der Waals surface area contributed by atoms with Crippen molar-refractivity contribution in [3.05, 3.63) is 0 Å². The number of hydrogen-bond acceptors (Lipinski definition) is 3. The maximum Gasteiger partial charge on any atom is 0.231 e. The van der Waals surface area contributed by atoms with Gasteiger partial charge in [-0.05, 0) is 43.9 Å². The van der Waals surface area contributed by atoms with Crippen molar-refractivity contribution in [3.63, 3.8) is 0 Å². The van der Waals surface area contributed by atoms with E-state index in [2.05, 4.69) is 24.1 Å². The fourth-order valence-corrected chi connectivity index (χ4v) is 3.51. The van der Waals surface area contributed by atoms with Gasteiger partial charge in [-0.15, -0.1) is 0 Å². The molecule has 2 aliphatic rings. The number of primary amides is 1. The second-order valence-electron chi connectivity index (χ2n) is 6.65. The topological polar surface area (TPSA) is 58.4 Å². The van der Waals surface area contributed by atoms with Crippen LogP contribution in [0.15, 0.2) is 0 Å². The van der Waals surface area contributed by atoms with Crippen molar-refractivity contribution < 1.29 is 4.79 Å². The van der Waals surface area contributed by atoms with Crippen molar-refractivity contribution in [3.8, 4) is 0 Å². The molecule has 1 aliphatic heterocycles. The third-order valence-corrected chi connectivity index (χ3v) is 5.04.